The predicted octanol–water partition coefficient (Wildman–Crippen LogP) is 4.67. The lowest BCUT2D eigenvalue weighted by atomic mass is 9.94. The molecule has 1 N–H and O–H groups in total. The zero-order valence-corrected chi connectivity index (χ0v) is 17.0. The fourth-order valence-electron chi connectivity index (χ4n) is 3.59. The Bertz CT molecular complexity index is 1120. The number of carbonyl (C=O) groups is 2. The minimum atomic E-state index is -0.711. The van der Waals surface area contributed by atoms with Crippen molar-refractivity contribution in [3.8, 4) is 0 Å². The minimum Gasteiger partial charge on any atom is -0.507 e. The summed E-state index contributed by atoms with van der Waals surface area (Å²) in [6.45, 7) is 2.17. The normalized spacial score (nSPS) is 18.1. The Morgan fingerprint density at radius 1 is 1.07 bits per heavy atom. The van der Waals surface area contributed by atoms with Crippen molar-refractivity contribution < 1.29 is 14.7 Å². The molecule has 0 unspecified atom stereocenters. The molecule has 0 aliphatic carbocycles. The standard InChI is InChI=1S/C24H19ClN2O3/c1-15-4-6-17(7-5-15)21-20(22(28)18-8-10-19(25)11-9-18)23(29)24(30)27(21)14-16-3-2-12-26-13-16/h2-13,21,28H,14H2,1H3/t21-/m1/s1. The lowest BCUT2D eigenvalue weighted by Crippen LogP contribution is -2.29. The lowest BCUT2D eigenvalue weighted by molar-refractivity contribution is -0.140. The van der Waals surface area contributed by atoms with Gasteiger partial charge in [0.15, 0.2) is 0 Å². The monoisotopic (exact) mass is 418 g/mol. The molecular formula is C24H19ClN2O3. The largest absolute Gasteiger partial charge is 0.507 e. The molecule has 1 fully saturated rings. The van der Waals surface area contributed by atoms with Gasteiger partial charge in [-0.25, -0.2) is 0 Å². The summed E-state index contributed by atoms with van der Waals surface area (Å²) in [5.41, 5.74) is 3.09. The van der Waals surface area contributed by atoms with Crippen molar-refractivity contribution >= 4 is 29.1 Å². The number of nitrogens with zero attached hydrogens (tertiary/aromatic N) is 2. The van der Waals surface area contributed by atoms with Crippen LogP contribution in [0.3, 0.4) is 0 Å². The van der Waals surface area contributed by atoms with Crippen molar-refractivity contribution in [2.75, 3.05) is 0 Å². The molecule has 0 radical (unpaired) electrons. The highest BCUT2D eigenvalue weighted by Gasteiger charge is 2.46. The molecule has 4 rings (SSSR count). The number of aryl methyl sites for hydroxylation is 1. The van der Waals surface area contributed by atoms with E-state index in [0.29, 0.717) is 10.6 Å². The number of hydrogen-bond donors (Lipinski definition) is 1. The number of rotatable bonds is 4. The molecule has 1 amide bonds. The van der Waals surface area contributed by atoms with E-state index in [1.165, 1.54) is 4.90 Å². The van der Waals surface area contributed by atoms with Crippen LogP contribution in [0, 0.1) is 6.92 Å². The zero-order chi connectivity index (χ0) is 21.3. The fraction of sp³-hybridized carbons (Fsp3) is 0.125. The summed E-state index contributed by atoms with van der Waals surface area (Å²) in [6.07, 6.45) is 3.31. The molecular weight excluding hydrogens is 400 g/mol. The SMILES string of the molecule is Cc1ccc([C@@H]2C(=C(O)c3ccc(Cl)cc3)C(=O)C(=O)N2Cc2cccnc2)cc1. The number of carbonyl (C=O) groups excluding carboxylic acids is 2. The molecule has 1 saturated heterocycles. The van der Waals surface area contributed by atoms with E-state index in [9.17, 15) is 14.7 Å². The van der Waals surface area contributed by atoms with Crippen LogP contribution in [0.4, 0.5) is 0 Å². The van der Waals surface area contributed by atoms with Crippen LogP contribution in [0.5, 0.6) is 0 Å². The van der Waals surface area contributed by atoms with Crippen molar-refractivity contribution in [1.82, 2.24) is 9.88 Å². The van der Waals surface area contributed by atoms with Gasteiger partial charge in [-0.15, -0.1) is 0 Å². The van der Waals surface area contributed by atoms with Gasteiger partial charge in [0.25, 0.3) is 11.7 Å². The van der Waals surface area contributed by atoms with E-state index in [4.69, 9.17) is 11.6 Å². The number of pyridine rings is 1. The first kappa shape index (κ1) is 19.9. The summed E-state index contributed by atoms with van der Waals surface area (Å²) in [7, 11) is 0. The number of amides is 1. The van der Waals surface area contributed by atoms with Crippen LogP contribution in [-0.2, 0) is 16.1 Å². The first-order valence-electron chi connectivity index (χ1n) is 9.45. The molecule has 0 saturated carbocycles. The summed E-state index contributed by atoms with van der Waals surface area (Å²) in [6, 6.07) is 17.0. The van der Waals surface area contributed by atoms with Gasteiger partial charge in [0, 0.05) is 29.5 Å². The number of likely N-dealkylation sites (tertiary alicyclic amines) is 1. The van der Waals surface area contributed by atoms with Gasteiger partial charge < -0.3 is 10.0 Å². The van der Waals surface area contributed by atoms with Gasteiger partial charge >= 0.3 is 0 Å². The second-order valence-corrected chi connectivity index (χ2v) is 7.64. The highest BCUT2D eigenvalue weighted by Crippen LogP contribution is 2.40. The number of aliphatic hydroxyl groups is 1. The second kappa shape index (κ2) is 8.13. The molecule has 30 heavy (non-hydrogen) atoms. The van der Waals surface area contributed by atoms with E-state index in [1.54, 1.807) is 42.7 Å². The maximum absolute atomic E-state index is 13.0. The molecule has 2 heterocycles. The fourth-order valence-corrected chi connectivity index (χ4v) is 3.72. The van der Waals surface area contributed by atoms with Crippen molar-refractivity contribution in [3.05, 3.63) is 106 Å². The molecule has 1 atom stereocenters. The van der Waals surface area contributed by atoms with Crippen molar-refractivity contribution in [1.29, 1.82) is 0 Å². The third kappa shape index (κ3) is 3.72. The van der Waals surface area contributed by atoms with E-state index in [1.807, 2.05) is 37.3 Å². The minimum absolute atomic E-state index is 0.0649. The summed E-state index contributed by atoms with van der Waals surface area (Å²) in [5.74, 6) is -1.58. The van der Waals surface area contributed by atoms with E-state index in [-0.39, 0.29) is 17.9 Å². The Morgan fingerprint density at radius 3 is 2.40 bits per heavy atom. The van der Waals surface area contributed by atoms with Gasteiger partial charge in [-0.3, -0.25) is 14.6 Å². The van der Waals surface area contributed by atoms with Crippen molar-refractivity contribution in [2.45, 2.75) is 19.5 Å². The molecule has 150 valence electrons. The number of hydrogen-bond acceptors (Lipinski definition) is 4. The summed E-state index contributed by atoms with van der Waals surface area (Å²) in [5, 5.41) is 11.5. The van der Waals surface area contributed by atoms with Gasteiger partial charge in [-0.2, -0.15) is 0 Å². The third-order valence-electron chi connectivity index (χ3n) is 5.13. The maximum Gasteiger partial charge on any atom is 0.295 e. The highest BCUT2D eigenvalue weighted by atomic mass is 35.5. The third-order valence-corrected chi connectivity index (χ3v) is 5.38. The number of aliphatic hydroxyl groups excluding tert-OH is 1. The van der Waals surface area contributed by atoms with E-state index < -0.39 is 17.7 Å². The molecule has 6 heteroatoms. The maximum atomic E-state index is 13.0. The molecule has 0 spiro atoms. The molecule has 3 aromatic rings. The van der Waals surface area contributed by atoms with Crippen molar-refractivity contribution in [2.24, 2.45) is 0 Å². The Balaban J connectivity index is 1.85. The van der Waals surface area contributed by atoms with Crippen LogP contribution in [0.1, 0.15) is 28.3 Å². The first-order chi connectivity index (χ1) is 14.5. The van der Waals surface area contributed by atoms with Gasteiger partial charge in [0.05, 0.1) is 11.6 Å². The van der Waals surface area contributed by atoms with Crippen LogP contribution in [-0.4, -0.2) is 26.7 Å². The van der Waals surface area contributed by atoms with Crippen LogP contribution in [0.25, 0.3) is 5.76 Å². The predicted molar refractivity (Wildman–Crippen MR) is 115 cm³/mol. The molecule has 0 bridgehead atoms. The van der Waals surface area contributed by atoms with Crippen LogP contribution in [0.15, 0.2) is 78.6 Å². The number of aromatic nitrogens is 1. The van der Waals surface area contributed by atoms with E-state index in [2.05, 4.69) is 4.98 Å². The highest BCUT2D eigenvalue weighted by molar-refractivity contribution is 6.46. The van der Waals surface area contributed by atoms with Gasteiger partial charge in [-0.1, -0.05) is 47.5 Å². The van der Waals surface area contributed by atoms with Gasteiger partial charge in [0.1, 0.15) is 5.76 Å². The van der Waals surface area contributed by atoms with E-state index in [0.717, 1.165) is 16.7 Å². The number of Topliss-reactive ketones (excluding diaryl/α,β-unsaturated/α-hetero) is 1. The zero-order valence-electron chi connectivity index (χ0n) is 16.2. The van der Waals surface area contributed by atoms with E-state index >= 15 is 0 Å². The Hall–Kier alpha value is -3.44. The number of ketones is 1. The molecule has 5 nitrogen and oxygen atoms in total. The summed E-state index contributed by atoms with van der Waals surface area (Å²) < 4.78 is 0. The lowest BCUT2D eigenvalue weighted by Gasteiger charge is -2.25. The quantitative estimate of drug-likeness (QED) is 0.380. The Kier molecular flexibility index (Phi) is 5.38. The summed E-state index contributed by atoms with van der Waals surface area (Å²) in [4.78, 5) is 31.5. The smallest absolute Gasteiger partial charge is 0.295 e. The van der Waals surface area contributed by atoms with Crippen molar-refractivity contribution in [3.63, 3.8) is 0 Å². The molecule has 2 aromatic carbocycles. The van der Waals surface area contributed by atoms with Crippen LogP contribution >= 0.6 is 11.6 Å². The average molecular weight is 419 g/mol. The van der Waals surface area contributed by atoms with Gasteiger partial charge in [0.2, 0.25) is 0 Å². The summed E-state index contributed by atoms with van der Waals surface area (Å²) >= 11 is 5.95. The second-order valence-electron chi connectivity index (χ2n) is 7.21. The first-order valence-corrected chi connectivity index (χ1v) is 9.83. The number of benzene rings is 2. The Labute approximate surface area is 179 Å². The molecule has 1 aromatic heterocycles. The molecule has 1 aliphatic rings. The van der Waals surface area contributed by atoms with Crippen LogP contribution in [0.2, 0.25) is 5.02 Å². The number of halogens is 1. The molecule has 1 aliphatic heterocycles. The average Bonchev–Trinajstić information content (AvgIpc) is 3.00. The Morgan fingerprint density at radius 2 is 1.77 bits per heavy atom. The van der Waals surface area contributed by atoms with Crippen LogP contribution < -0.4 is 0 Å². The topological polar surface area (TPSA) is 70.5 Å². The van der Waals surface area contributed by atoms with Gasteiger partial charge in [-0.05, 0) is 48.4 Å².